The first-order chi connectivity index (χ1) is 9.80. The summed E-state index contributed by atoms with van der Waals surface area (Å²) in [6.45, 7) is 16.5. The van der Waals surface area contributed by atoms with Crippen molar-refractivity contribution in [2.45, 2.75) is 67.9 Å². The van der Waals surface area contributed by atoms with Crippen molar-refractivity contribution in [1.29, 1.82) is 0 Å². The van der Waals surface area contributed by atoms with Crippen molar-refractivity contribution in [2.24, 2.45) is 16.7 Å². The number of carbonyl (C=O) groups is 2. The van der Waals surface area contributed by atoms with Crippen molar-refractivity contribution >= 4 is 12.1 Å². The lowest BCUT2D eigenvalue weighted by atomic mass is 9.98. The summed E-state index contributed by atoms with van der Waals surface area (Å²) < 4.78 is 10.5. The highest BCUT2D eigenvalue weighted by Crippen LogP contribution is 2.15. The molecule has 0 rings (SSSR count). The van der Waals surface area contributed by atoms with Crippen LogP contribution in [0.3, 0.4) is 0 Å². The van der Waals surface area contributed by atoms with E-state index in [1.165, 1.54) is 0 Å². The minimum Gasteiger partial charge on any atom is -0.464 e. The van der Waals surface area contributed by atoms with E-state index in [4.69, 9.17) is 9.47 Å². The van der Waals surface area contributed by atoms with Gasteiger partial charge in [0.1, 0.15) is 6.04 Å². The van der Waals surface area contributed by atoms with E-state index >= 15 is 0 Å². The minimum absolute atomic E-state index is 0.106. The molecule has 0 radical (unpaired) electrons. The molecule has 0 aliphatic rings. The standard InChI is InChI=1S/C17H33NO4/c1-12(2)9-13(14(19)21-10-16(3,4)5)18-15(20)22-11-17(6,7)8/h12-13H,9-11H2,1-8H3,(H,18,20). The van der Waals surface area contributed by atoms with Gasteiger partial charge in [-0.1, -0.05) is 55.4 Å². The molecule has 1 unspecified atom stereocenters. The Morgan fingerprint density at radius 2 is 1.36 bits per heavy atom. The second-order valence-electron chi connectivity index (χ2n) is 8.63. The van der Waals surface area contributed by atoms with E-state index in [9.17, 15) is 9.59 Å². The molecule has 0 fully saturated rings. The quantitative estimate of drug-likeness (QED) is 0.758. The number of rotatable bonds is 6. The number of hydrogen-bond acceptors (Lipinski definition) is 4. The van der Waals surface area contributed by atoms with E-state index in [1.54, 1.807) is 0 Å². The van der Waals surface area contributed by atoms with Gasteiger partial charge in [0.25, 0.3) is 0 Å². The third kappa shape index (κ3) is 11.4. The van der Waals surface area contributed by atoms with Crippen molar-refractivity contribution in [3.05, 3.63) is 0 Å². The summed E-state index contributed by atoms with van der Waals surface area (Å²) in [5.74, 6) is -0.147. The first-order valence-electron chi connectivity index (χ1n) is 7.90. The molecule has 22 heavy (non-hydrogen) atoms. The molecule has 5 nitrogen and oxygen atoms in total. The Kier molecular flexibility index (Phi) is 7.91. The zero-order chi connectivity index (χ0) is 17.6. The van der Waals surface area contributed by atoms with Gasteiger partial charge < -0.3 is 14.8 Å². The van der Waals surface area contributed by atoms with Gasteiger partial charge in [-0.3, -0.25) is 0 Å². The lowest BCUT2D eigenvalue weighted by molar-refractivity contribution is -0.149. The molecule has 0 bridgehead atoms. The van der Waals surface area contributed by atoms with Gasteiger partial charge in [0, 0.05) is 0 Å². The molecule has 0 heterocycles. The topological polar surface area (TPSA) is 64.6 Å². The maximum Gasteiger partial charge on any atom is 0.407 e. The number of nitrogens with one attached hydrogen (secondary N) is 1. The Hall–Kier alpha value is -1.26. The molecule has 1 atom stereocenters. The fourth-order valence-electron chi connectivity index (χ4n) is 1.54. The third-order valence-electron chi connectivity index (χ3n) is 2.57. The van der Waals surface area contributed by atoms with Crippen molar-refractivity contribution < 1.29 is 19.1 Å². The molecule has 1 amide bonds. The van der Waals surface area contributed by atoms with Crippen LogP contribution in [0.4, 0.5) is 4.79 Å². The number of carbonyl (C=O) groups excluding carboxylic acids is 2. The zero-order valence-corrected chi connectivity index (χ0v) is 15.4. The smallest absolute Gasteiger partial charge is 0.407 e. The first kappa shape index (κ1) is 20.7. The summed E-state index contributed by atoms with van der Waals surface area (Å²) in [6.07, 6.45) is -0.0542. The molecule has 0 aromatic rings. The molecule has 0 saturated carbocycles. The Labute approximate surface area is 135 Å². The molecule has 130 valence electrons. The van der Waals surface area contributed by atoms with E-state index in [0.29, 0.717) is 19.6 Å². The van der Waals surface area contributed by atoms with E-state index < -0.39 is 18.1 Å². The number of esters is 1. The molecule has 5 heteroatoms. The van der Waals surface area contributed by atoms with E-state index in [0.717, 1.165) is 0 Å². The molecular weight excluding hydrogens is 282 g/mol. The fourth-order valence-corrected chi connectivity index (χ4v) is 1.54. The van der Waals surface area contributed by atoms with Crippen LogP contribution in [-0.2, 0) is 14.3 Å². The van der Waals surface area contributed by atoms with Gasteiger partial charge in [-0.2, -0.15) is 0 Å². The van der Waals surface area contributed by atoms with Crippen LogP contribution in [0.2, 0.25) is 0 Å². The summed E-state index contributed by atoms with van der Waals surface area (Å²) in [4.78, 5) is 24.0. The second kappa shape index (κ2) is 8.39. The fraction of sp³-hybridized carbons (Fsp3) is 0.882. The highest BCUT2D eigenvalue weighted by molar-refractivity contribution is 5.81. The predicted octanol–water partition coefficient (Wildman–Crippen LogP) is 3.76. The zero-order valence-electron chi connectivity index (χ0n) is 15.4. The normalized spacial score (nSPS) is 13.7. The van der Waals surface area contributed by atoms with E-state index in [2.05, 4.69) is 5.32 Å². The number of alkyl carbamates (subject to hydrolysis) is 1. The van der Waals surface area contributed by atoms with Gasteiger partial charge in [0.15, 0.2) is 0 Å². The molecule has 0 aromatic heterocycles. The molecular formula is C17H33NO4. The monoisotopic (exact) mass is 315 g/mol. The lowest BCUT2D eigenvalue weighted by Gasteiger charge is -2.24. The van der Waals surface area contributed by atoms with Gasteiger partial charge in [-0.15, -0.1) is 0 Å². The summed E-state index contributed by atoms with van der Waals surface area (Å²) in [5, 5.41) is 2.62. The van der Waals surface area contributed by atoms with Crippen molar-refractivity contribution in [2.75, 3.05) is 13.2 Å². The Balaban J connectivity index is 4.57. The van der Waals surface area contributed by atoms with Crippen LogP contribution in [0, 0.1) is 16.7 Å². The molecule has 0 saturated heterocycles. The van der Waals surface area contributed by atoms with Gasteiger partial charge in [-0.25, -0.2) is 9.59 Å². The van der Waals surface area contributed by atoms with Crippen LogP contribution in [0.15, 0.2) is 0 Å². The largest absolute Gasteiger partial charge is 0.464 e. The summed E-state index contributed by atoms with van der Waals surface area (Å²) >= 11 is 0. The average molecular weight is 315 g/mol. The summed E-state index contributed by atoms with van der Waals surface area (Å²) in [5.41, 5.74) is -0.220. The van der Waals surface area contributed by atoms with Crippen LogP contribution < -0.4 is 5.32 Å². The number of hydrogen-bond donors (Lipinski definition) is 1. The van der Waals surface area contributed by atoms with E-state index in [1.807, 2.05) is 55.4 Å². The molecule has 1 N–H and O–H groups in total. The Bertz CT molecular complexity index is 364. The van der Waals surface area contributed by atoms with Crippen LogP contribution in [0.1, 0.15) is 61.8 Å². The predicted molar refractivity (Wildman–Crippen MR) is 87.6 cm³/mol. The maximum atomic E-state index is 12.2. The van der Waals surface area contributed by atoms with Crippen LogP contribution in [-0.4, -0.2) is 31.3 Å². The van der Waals surface area contributed by atoms with Crippen molar-refractivity contribution in [3.8, 4) is 0 Å². The highest BCUT2D eigenvalue weighted by Gasteiger charge is 2.26. The SMILES string of the molecule is CC(C)CC(NC(=O)OCC(C)(C)C)C(=O)OCC(C)(C)C. The lowest BCUT2D eigenvalue weighted by Crippen LogP contribution is -2.44. The third-order valence-corrected chi connectivity index (χ3v) is 2.57. The van der Waals surface area contributed by atoms with Crippen LogP contribution in [0.5, 0.6) is 0 Å². The van der Waals surface area contributed by atoms with Gasteiger partial charge in [0.05, 0.1) is 13.2 Å². The molecule has 0 aliphatic heterocycles. The highest BCUT2D eigenvalue weighted by atomic mass is 16.6. The van der Waals surface area contributed by atoms with Crippen molar-refractivity contribution in [1.82, 2.24) is 5.32 Å². The van der Waals surface area contributed by atoms with Gasteiger partial charge >= 0.3 is 12.1 Å². The first-order valence-corrected chi connectivity index (χ1v) is 7.90. The van der Waals surface area contributed by atoms with Crippen LogP contribution >= 0.6 is 0 Å². The molecule has 0 aromatic carbocycles. The minimum atomic E-state index is -0.671. The van der Waals surface area contributed by atoms with E-state index in [-0.39, 0.29) is 16.7 Å². The van der Waals surface area contributed by atoms with Gasteiger partial charge in [0.2, 0.25) is 0 Å². The average Bonchev–Trinajstić information content (AvgIpc) is 2.30. The number of ether oxygens (including phenoxy) is 2. The van der Waals surface area contributed by atoms with Gasteiger partial charge in [-0.05, 0) is 23.2 Å². The second-order valence-corrected chi connectivity index (χ2v) is 8.63. The Morgan fingerprint density at radius 1 is 0.909 bits per heavy atom. The van der Waals surface area contributed by atoms with Crippen molar-refractivity contribution in [3.63, 3.8) is 0 Å². The number of amides is 1. The molecule has 0 spiro atoms. The van der Waals surface area contributed by atoms with Crippen LogP contribution in [0.25, 0.3) is 0 Å². The maximum absolute atomic E-state index is 12.2. The molecule has 0 aliphatic carbocycles. The Morgan fingerprint density at radius 3 is 1.77 bits per heavy atom. The summed E-state index contributed by atoms with van der Waals surface area (Å²) in [6, 6.07) is -0.671. The summed E-state index contributed by atoms with van der Waals surface area (Å²) in [7, 11) is 0.